The molecule has 5 nitrogen and oxygen atoms in total. The summed E-state index contributed by atoms with van der Waals surface area (Å²) in [5, 5.41) is 8.75. The molecular weight excluding hydrogens is 312 g/mol. The maximum absolute atomic E-state index is 11.9. The zero-order valence-corrected chi connectivity index (χ0v) is 11.7. The Hall–Kier alpha value is -1.95. The van der Waals surface area contributed by atoms with Gasteiger partial charge in [-0.25, -0.2) is 4.98 Å². The number of carboxylic acid groups (broad SMARTS) is 1. The normalized spacial score (nSPS) is 10.4. The van der Waals surface area contributed by atoms with Crippen LogP contribution in [-0.4, -0.2) is 21.0 Å². The fourth-order valence-corrected chi connectivity index (χ4v) is 2.14. The number of nitrogens with one attached hydrogen (secondary N) is 1. The Morgan fingerprint density at radius 3 is 2.79 bits per heavy atom. The number of H-pyrrole nitrogens is 1. The van der Waals surface area contributed by atoms with Crippen LogP contribution in [-0.2, 0) is 11.2 Å². The van der Waals surface area contributed by atoms with Gasteiger partial charge in [0.05, 0.1) is 6.42 Å². The van der Waals surface area contributed by atoms with Gasteiger partial charge in [-0.3, -0.25) is 9.59 Å². The van der Waals surface area contributed by atoms with E-state index in [1.54, 1.807) is 6.92 Å². The second-order valence-corrected chi connectivity index (χ2v) is 4.98. The molecule has 1 aromatic carbocycles. The first-order valence-electron chi connectivity index (χ1n) is 5.55. The van der Waals surface area contributed by atoms with Crippen molar-refractivity contribution in [3.8, 4) is 11.4 Å². The van der Waals surface area contributed by atoms with Gasteiger partial charge in [-0.05, 0) is 19.1 Å². The SMILES string of the molecule is Cc1nc(-c2cccc(Br)c2)[nH]c(=O)c1CC(=O)O. The van der Waals surface area contributed by atoms with Crippen molar-refractivity contribution >= 4 is 21.9 Å². The van der Waals surface area contributed by atoms with Crippen LogP contribution in [0.3, 0.4) is 0 Å². The molecule has 0 aliphatic rings. The van der Waals surface area contributed by atoms with Gasteiger partial charge in [0.15, 0.2) is 0 Å². The topological polar surface area (TPSA) is 83.0 Å². The highest BCUT2D eigenvalue weighted by molar-refractivity contribution is 9.10. The van der Waals surface area contributed by atoms with E-state index in [-0.39, 0.29) is 12.0 Å². The molecule has 0 fully saturated rings. The van der Waals surface area contributed by atoms with Gasteiger partial charge in [-0.15, -0.1) is 0 Å². The molecule has 0 radical (unpaired) electrons. The molecule has 6 heteroatoms. The molecule has 0 amide bonds. The highest BCUT2D eigenvalue weighted by atomic mass is 79.9. The fourth-order valence-electron chi connectivity index (χ4n) is 1.74. The summed E-state index contributed by atoms with van der Waals surface area (Å²) in [6.45, 7) is 1.63. The molecule has 0 aliphatic heterocycles. The van der Waals surface area contributed by atoms with Crippen LogP contribution >= 0.6 is 15.9 Å². The van der Waals surface area contributed by atoms with Crippen LogP contribution in [0.1, 0.15) is 11.3 Å². The first-order valence-corrected chi connectivity index (χ1v) is 6.34. The molecule has 0 bridgehead atoms. The molecule has 0 unspecified atom stereocenters. The van der Waals surface area contributed by atoms with E-state index in [1.807, 2.05) is 24.3 Å². The molecule has 0 spiro atoms. The van der Waals surface area contributed by atoms with Crippen molar-refractivity contribution in [1.29, 1.82) is 0 Å². The third-order valence-corrected chi connectivity index (χ3v) is 3.14. The Labute approximate surface area is 117 Å². The molecule has 98 valence electrons. The maximum Gasteiger partial charge on any atom is 0.308 e. The van der Waals surface area contributed by atoms with Gasteiger partial charge in [-0.2, -0.15) is 0 Å². The van der Waals surface area contributed by atoms with Crippen LogP contribution in [0.2, 0.25) is 0 Å². The van der Waals surface area contributed by atoms with Crippen molar-refractivity contribution in [2.24, 2.45) is 0 Å². The van der Waals surface area contributed by atoms with Crippen LogP contribution in [0.4, 0.5) is 0 Å². The number of benzene rings is 1. The summed E-state index contributed by atoms with van der Waals surface area (Å²) in [6, 6.07) is 7.35. The van der Waals surface area contributed by atoms with Gasteiger partial charge >= 0.3 is 5.97 Å². The first-order chi connectivity index (χ1) is 8.97. The largest absolute Gasteiger partial charge is 0.481 e. The van der Waals surface area contributed by atoms with Crippen LogP contribution in [0.25, 0.3) is 11.4 Å². The van der Waals surface area contributed by atoms with E-state index >= 15 is 0 Å². The monoisotopic (exact) mass is 322 g/mol. The lowest BCUT2D eigenvalue weighted by Gasteiger charge is -2.06. The number of carboxylic acids is 1. The summed E-state index contributed by atoms with van der Waals surface area (Å²) >= 11 is 3.35. The quantitative estimate of drug-likeness (QED) is 0.906. The maximum atomic E-state index is 11.9. The summed E-state index contributed by atoms with van der Waals surface area (Å²) < 4.78 is 0.875. The number of hydrogen-bond acceptors (Lipinski definition) is 3. The van der Waals surface area contributed by atoms with E-state index in [2.05, 4.69) is 25.9 Å². The molecule has 2 rings (SSSR count). The van der Waals surface area contributed by atoms with E-state index < -0.39 is 11.5 Å². The molecule has 0 saturated heterocycles. The number of aromatic nitrogens is 2. The number of halogens is 1. The van der Waals surface area contributed by atoms with E-state index in [0.29, 0.717) is 11.5 Å². The summed E-state index contributed by atoms with van der Waals surface area (Å²) in [5.74, 6) is -0.622. The average Bonchev–Trinajstić information content (AvgIpc) is 2.33. The number of carbonyl (C=O) groups is 1. The van der Waals surface area contributed by atoms with Crippen LogP contribution in [0.5, 0.6) is 0 Å². The Bertz CT molecular complexity index is 695. The first kappa shape index (κ1) is 13.5. The molecular formula is C13H11BrN2O3. The third kappa shape index (κ3) is 3.08. The van der Waals surface area contributed by atoms with Gasteiger partial charge in [0.1, 0.15) is 5.82 Å². The molecule has 1 heterocycles. The van der Waals surface area contributed by atoms with Gasteiger partial charge in [0.25, 0.3) is 5.56 Å². The summed E-state index contributed by atoms with van der Waals surface area (Å²) in [4.78, 5) is 29.4. The molecule has 1 aromatic heterocycles. The zero-order valence-electron chi connectivity index (χ0n) is 10.1. The van der Waals surface area contributed by atoms with Gasteiger partial charge in [-0.1, -0.05) is 28.1 Å². The van der Waals surface area contributed by atoms with Crippen molar-refractivity contribution in [2.75, 3.05) is 0 Å². The minimum absolute atomic E-state index is 0.186. The lowest BCUT2D eigenvalue weighted by molar-refractivity contribution is -0.136. The fraction of sp³-hybridized carbons (Fsp3) is 0.154. The van der Waals surface area contributed by atoms with Gasteiger partial charge in [0, 0.05) is 21.3 Å². The predicted octanol–water partition coefficient (Wildman–Crippen LogP) is 2.13. The average molecular weight is 323 g/mol. The van der Waals surface area contributed by atoms with Crippen molar-refractivity contribution in [3.63, 3.8) is 0 Å². The third-order valence-electron chi connectivity index (χ3n) is 2.65. The summed E-state index contributed by atoms with van der Waals surface area (Å²) in [5.41, 5.74) is 0.966. The number of hydrogen-bond donors (Lipinski definition) is 2. The smallest absolute Gasteiger partial charge is 0.308 e. The number of nitrogens with zero attached hydrogens (tertiary/aromatic N) is 1. The standard InChI is InChI=1S/C13H11BrN2O3/c1-7-10(6-11(17)18)13(19)16-12(15-7)8-3-2-4-9(14)5-8/h2-5H,6H2,1H3,(H,17,18)(H,15,16,19). The lowest BCUT2D eigenvalue weighted by Crippen LogP contribution is -2.20. The van der Waals surface area contributed by atoms with Crippen molar-refractivity contribution in [3.05, 3.63) is 50.3 Å². The highest BCUT2D eigenvalue weighted by Gasteiger charge is 2.12. The number of rotatable bonds is 3. The molecule has 19 heavy (non-hydrogen) atoms. The minimum atomic E-state index is -1.05. The number of aryl methyl sites for hydroxylation is 1. The summed E-state index contributed by atoms with van der Waals surface area (Å²) in [7, 11) is 0. The second-order valence-electron chi connectivity index (χ2n) is 4.06. The van der Waals surface area contributed by atoms with Crippen LogP contribution in [0, 0.1) is 6.92 Å². The lowest BCUT2D eigenvalue weighted by atomic mass is 10.1. The van der Waals surface area contributed by atoms with Crippen molar-refractivity contribution in [1.82, 2.24) is 9.97 Å². The molecule has 2 aromatic rings. The van der Waals surface area contributed by atoms with E-state index in [1.165, 1.54) is 0 Å². The number of aliphatic carboxylic acids is 1. The van der Waals surface area contributed by atoms with Gasteiger partial charge in [0.2, 0.25) is 0 Å². The van der Waals surface area contributed by atoms with Gasteiger partial charge < -0.3 is 10.1 Å². The Morgan fingerprint density at radius 2 is 2.21 bits per heavy atom. The van der Waals surface area contributed by atoms with Crippen molar-refractivity contribution < 1.29 is 9.90 Å². The Kier molecular flexibility index (Phi) is 3.80. The molecule has 0 atom stereocenters. The number of aromatic amines is 1. The summed E-state index contributed by atoms with van der Waals surface area (Å²) in [6.07, 6.45) is -0.326. The van der Waals surface area contributed by atoms with Crippen LogP contribution in [0.15, 0.2) is 33.5 Å². The second kappa shape index (κ2) is 5.36. The van der Waals surface area contributed by atoms with Crippen molar-refractivity contribution in [2.45, 2.75) is 13.3 Å². The predicted molar refractivity (Wildman–Crippen MR) is 74.1 cm³/mol. The van der Waals surface area contributed by atoms with E-state index in [4.69, 9.17) is 5.11 Å². The Morgan fingerprint density at radius 1 is 1.47 bits per heavy atom. The van der Waals surface area contributed by atoms with E-state index in [9.17, 15) is 9.59 Å². The minimum Gasteiger partial charge on any atom is -0.481 e. The zero-order chi connectivity index (χ0) is 14.0. The molecule has 0 saturated carbocycles. The van der Waals surface area contributed by atoms with E-state index in [0.717, 1.165) is 10.0 Å². The van der Waals surface area contributed by atoms with Crippen LogP contribution < -0.4 is 5.56 Å². The highest BCUT2D eigenvalue weighted by Crippen LogP contribution is 2.19. The molecule has 2 N–H and O–H groups in total. The molecule has 0 aliphatic carbocycles. The Balaban J connectivity index is 2.51.